The summed E-state index contributed by atoms with van der Waals surface area (Å²) in [5.74, 6) is -1.12. The third-order valence-corrected chi connectivity index (χ3v) is 3.24. The number of fused-ring (bicyclic) bond motifs is 1. The van der Waals surface area contributed by atoms with Gasteiger partial charge in [0.1, 0.15) is 5.69 Å². The molecule has 3 rings (SSSR count). The van der Waals surface area contributed by atoms with E-state index in [9.17, 15) is 9.90 Å². The summed E-state index contributed by atoms with van der Waals surface area (Å²) >= 11 is 0. The van der Waals surface area contributed by atoms with E-state index in [1.807, 2.05) is 42.5 Å². The minimum absolute atomic E-state index is 0.0928. The molecular formula is C15H13N3O3. The van der Waals surface area contributed by atoms with Crippen LogP contribution in [0.4, 0.5) is 0 Å². The van der Waals surface area contributed by atoms with Crippen LogP contribution in [0.3, 0.4) is 0 Å². The molecule has 0 saturated heterocycles. The SMILES string of the molecule is COCc1c(C(=O)O)nnn1-c1cccc2ccccc12. The summed E-state index contributed by atoms with van der Waals surface area (Å²) < 4.78 is 6.61. The van der Waals surface area contributed by atoms with E-state index in [1.54, 1.807) is 0 Å². The molecule has 3 aromatic rings. The number of aromatic carboxylic acids is 1. The van der Waals surface area contributed by atoms with E-state index in [0.29, 0.717) is 5.69 Å². The zero-order chi connectivity index (χ0) is 14.8. The van der Waals surface area contributed by atoms with Crippen LogP contribution in [0.5, 0.6) is 0 Å². The van der Waals surface area contributed by atoms with Gasteiger partial charge in [0, 0.05) is 12.5 Å². The van der Waals surface area contributed by atoms with Crippen molar-refractivity contribution in [1.82, 2.24) is 15.0 Å². The van der Waals surface area contributed by atoms with Crippen LogP contribution in [-0.4, -0.2) is 33.2 Å². The first-order chi connectivity index (χ1) is 10.2. The Morgan fingerprint density at radius 1 is 1.24 bits per heavy atom. The highest BCUT2D eigenvalue weighted by Gasteiger charge is 2.20. The van der Waals surface area contributed by atoms with E-state index >= 15 is 0 Å². The highest BCUT2D eigenvalue weighted by atomic mass is 16.5. The van der Waals surface area contributed by atoms with Gasteiger partial charge in [0.25, 0.3) is 0 Å². The zero-order valence-electron chi connectivity index (χ0n) is 11.4. The summed E-state index contributed by atoms with van der Waals surface area (Å²) in [7, 11) is 1.51. The van der Waals surface area contributed by atoms with Crippen molar-refractivity contribution in [3.8, 4) is 5.69 Å². The number of nitrogens with zero attached hydrogens (tertiary/aromatic N) is 3. The Balaban J connectivity index is 2.26. The van der Waals surface area contributed by atoms with Crippen LogP contribution in [0.2, 0.25) is 0 Å². The first-order valence-corrected chi connectivity index (χ1v) is 6.37. The summed E-state index contributed by atoms with van der Waals surface area (Å²) in [6.45, 7) is 0.123. The molecule has 106 valence electrons. The normalized spacial score (nSPS) is 10.9. The molecule has 0 bridgehead atoms. The lowest BCUT2D eigenvalue weighted by Gasteiger charge is -2.09. The number of benzene rings is 2. The predicted molar refractivity (Wildman–Crippen MR) is 76.5 cm³/mol. The number of carbonyl (C=O) groups is 1. The summed E-state index contributed by atoms with van der Waals surface area (Å²) in [6.07, 6.45) is 0. The van der Waals surface area contributed by atoms with E-state index in [2.05, 4.69) is 10.3 Å². The third kappa shape index (κ3) is 2.25. The fraction of sp³-hybridized carbons (Fsp3) is 0.133. The molecule has 0 spiro atoms. The zero-order valence-corrected chi connectivity index (χ0v) is 11.4. The van der Waals surface area contributed by atoms with E-state index in [-0.39, 0.29) is 12.3 Å². The maximum Gasteiger partial charge on any atom is 0.358 e. The van der Waals surface area contributed by atoms with Gasteiger partial charge in [-0.1, -0.05) is 41.6 Å². The standard InChI is InChI=1S/C15H13N3O3/c1-21-9-13-14(15(19)20)16-17-18(13)12-8-4-6-10-5-2-3-7-11(10)12/h2-8H,9H2,1H3,(H,19,20). The summed E-state index contributed by atoms with van der Waals surface area (Å²) in [5.41, 5.74) is 1.10. The lowest BCUT2D eigenvalue weighted by molar-refractivity contribution is 0.0685. The molecule has 0 fully saturated rings. The molecule has 0 aliphatic rings. The minimum Gasteiger partial charge on any atom is -0.476 e. The molecule has 1 aromatic heterocycles. The largest absolute Gasteiger partial charge is 0.476 e. The molecule has 6 nitrogen and oxygen atoms in total. The molecule has 2 aromatic carbocycles. The van der Waals surface area contributed by atoms with Crippen LogP contribution in [0.1, 0.15) is 16.2 Å². The smallest absolute Gasteiger partial charge is 0.358 e. The predicted octanol–water partition coefficient (Wildman–Crippen LogP) is 2.27. The maximum atomic E-state index is 11.2. The van der Waals surface area contributed by atoms with Gasteiger partial charge in [-0.15, -0.1) is 5.10 Å². The monoisotopic (exact) mass is 283 g/mol. The second kappa shape index (κ2) is 5.34. The van der Waals surface area contributed by atoms with Crippen molar-refractivity contribution in [2.75, 3.05) is 7.11 Å². The highest BCUT2D eigenvalue weighted by molar-refractivity contribution is 5.91. The van der Waals surface area contributed by atoms with Gasteiger partial charge in [-0.3, -0.25) is 0 Å². The van der Waals surface area contributed by atoms with Gasteiger partial charge in [0.2, 0.25) is 0 Å². The summed E-state index contributed by atoms with van der Waals surface area (Å²) in [4.78, 5) is 11.2. The quantitative estimate of drug-likeness (QED) is 0.794. The van der Waals surface area contributed by atoms with Crippen molar-refractivity contribution < 1.29 is 14.6 Å². The van der Waals surface area contributed by atoms with E-state index in [0.717, 1.165) is 16.5 Å². The Labute approximate surface area is 120 Å². The molecular weight excluding hydrogens is 270 g/mol. The molecule has 0 amide bonds. The van der Waals surface area contributed by atoms with Crippen molar-refractivity contribution >= 4 is 16.7 Å². The molecule has 0 unspecified atom stereocenters. The molecule has 0 saturated carbocycles. The van der Waals surface area contributed by atoms with Crippen LogP contribution < -0.4 is 0 Å². The Bertz CT molecular complexity index is 806. The average Bonchev–Trinajstić information content (AvgIpc) is 2.91. The van der Waals surface area contributed by atoms with Crippen molar-refractivity contribution in [1.29, 1.82) is 0 Å². The minimum atomic E-state index is -1.12. The topological polar surface area (TPSA) is 77.2 Å². The summed E-state index contributed by atoms with van der Waals surface area (Å²) in [5, 5.41) is 18.9. The first-order valence-electron chi connectivity index (χ1n) is 6.37. The van der Waals surface area contributed by atoms with E-state index < -0.39 is 5.97 Å². The Morgan fingerprint density at radius 2 is 2.00 bits per heavy atom. The van der Waals surface area contributed by atoms with Gasteiger partial charge in [0.15, 0.2) is 5.69 Å². The number of carboxylic acids is 1. The van der Waals surface area contributed by atoms with Crippen LogP contribution in [-0.2, 0) is 11.3 Å². The number of carboxylic acid groups (broad SMARTS) is 1. The Morgan fingerprint density at radius 3 is 2.76 bits per heavy atom. The van der Waals surface area contributed by atoms with Gasteiger partial charge >= 0.3 is 5.97 Å². The van der Waals surface area contributed by atoms with Gasteiger partial charge in [0.05, 0.1) is 12.3 Å². The molecule has 0 aliphatic heterocycles. The molecule has 0 radical (unpaired) electrons. The van der Waals surface area contributed by atoms with Crippen molar-refractivity contribution in [3.63, 3.8) is 0 Å². The second-order valence-corrected chi connectivity index (χ2v) is 4.53. The lowest BCUT2D eigenvalue weighted by Crippen LogP contribution is -2.08. The number of aromatic nitrogens is 3. The second-order valence-electron chi connectivity index (χ2n) is 4.53. The lowest BCUT2D eigenvalue weighted by atomic mass is 10.1. The van der Waals surface area contributed by atoms with Crippen molar-refractivity contribution in [2.24, 2.45) is 0 Å². The van der Waals surface area contributed by atoms with E-state index in [4.69, 9.17) is 4.74 Å². The Hall–Kier alpha value is -2.73. The number of hydrogen-bond donors (Lipinski definition) is 1. The van der Waals surface area contributed by atoms with Crippen molar-refractivity contribution in [2.45, 2.75) is 6.61 Å². The number of ether oxygens (including phenoxy) is 1. The van der Waals surface area contributed by atoms with Gasteiger partial charge in [-0.05, 0) is 11.5 Å². The van der Waals surface area contributed by atoms with Crippen molar-refractivity contribution in [3.05, 3.63) is 53.9 Å². The molecule has 1 heterocycles. The van der Waals surface area contributed by atoms with Crippen LogP contribution in [0.15, 0.2) is 42.5 Å². The summed E-state index contributed by atoms with van der Waals surface area (Å²) in [6, 6.07) is 13.6. The maximum absolute atomic E-state index is 11.2. The van der Waals surface area contributed by atoms with E-state index in [1.165, 1.54) is 11.8 Å². The van der Waals surface area contributed by atoms with Gasteiger partial charge in [-0.2, -0.15) is 0 Å². The fourth-order valence-corrected chi connectivity index (χ4v) is 2.32. The average molecular weight is 283 g/mol. The Kier molecular flexibility index (Phi) is 3.37. The van der Waals surface area contributed by atoms with Crippen LogP contribution >= 0.6 is 0 Å². The number of rotatable bonds is 4. The third-order valence-electron chi connectivity index (χ3n) is 3.24. The van der Waals surface area contributed by atoms with Gasteiger partial charge < -0.3 is 9.84 Å². The van der Waals surface area contributed by atoms with Gasteiger partial charge in [-0.25, -0.2) is 9.48 Å². The van der Waals surface area contributed by atoms with Crippen LogP contribution in [0.25, 0.3) is 16.5 Å². The number of hydrogen-bond acceptors (Lipinski definition) is 4. The fourth-order valence-electron chi connectivity index (χ4n) is 2.32. The first kappa shape index (κ1) is 13.3. The molecule has 0 atom stereocenters. The number of methoxy groups -OCH3 is 1. The highest BCUT2D eigenvalue weighted by Crippen LogP contribution is 2.23. The molecule has 21 heavy (non-hydrogen) atoms. The molecule has 6 heteroatoms. The molecule has 0 aliphatic carbocycles. The molecule has 1 N–H and O–H groups in total. The van der Waals surface area contributed by atoms with Crippen LogP contribution in [0, 0.1) is 0 Å².